The SMILES string of the molecule is Cc1cc(C(=O)N2CCC3(CC2)CN(CC(F)F)CC(c2ccccn2)O3)ccc1OCCO.[HH]. The Morgan fingerprint density at radius 1 is 1.32 bits per heavy atom. The second-order valence-corrected chi connectivity index (χ2v) is 8.97. The van der Waals surface area contributed by atoms with E-state index < -0.39 is 12.0 Å². The first-order chi connectivity index (χ1) is 16.4. The second kappa shape index (κ2) is 10.8. The summed E-state index contributed by atoms with van der Waals surface area (Å²) in [6, 6.07) is 10.8. The van der Waals surface area contributed by atoms with Crippen LogP contribution in [0.3, 0.4) is 0 Å². The summed E-state index contributed by atoms with van der Waals surface area (Å²) >= 11 is 0. The maximum atomic E-state index is 13.2. The number of aromatic nitrogens is 1. The molecule has 3 heterocycles. The van der Waals surface area contributed by atoms with E-state index in [0.717, 1.165) is 11.3 Å². The number of piperidine rings is 1. The molecule has 1 spiro atoms. The first-order valence-electron chi connectivity index (χ1n) is 11.6. The molecule has 7 nitrogen and oxygen atoms in total. The minimum Gasteiger partial charge on any atom is -0.491 e. The fourth-order valence-corrected chi connectivity index (χ4v) is 4.81. The average molecular weight is 478 g/mol. The minimum absolute atomic E-state index is 0. The van der Waals surface area contributed by atoms with Crippen LogP contribution in [0.15, 0.2) is 42.6 Å². The van der Waals surface area contributed by atoms with Gasteiger partial charge in [0.1, 0.15) is 18.5 Å². The van der Waals surface area contributed by atoms with Gasteiger partial charge in [-0.1, -0.05) is 6.07 Å². The van der Waals surface area contributed by atoms with Crippen molar-refractivity contribution in [3.05, 3.63) is 59.4 Å². The van der Waals surface area contributed by atoms with Crippen LogP contribution in [0.25, 0.3) is 0 Å². The number of halogens is 2. The topological polar surface area (TPSA) is 75.1 Å². The van der Waals surface area contributed by atoms with Crippen molar-refractivity contribution < 1.29 is 29.6 Å². The zero-order valence-corrected chi connectivity index (χ0v) is 19.3. The zero-order chi connectivity index (χ0) is 24.1. The van der Waals surface area contributed by atoms with Gasteiger partial charge in [0.15, 0.2) is 0 Å². The number of pyridine rings is 1. The highest BCUT2D eigenvalue weighted by Crippen LogP contribution is 2.38. The molecule has 1 atom stereocenters. The highest BCUT2D eigenvalue weighted by Gasteiger charge is 2.44. The van der Waals surface area contributed by atoms with Crippen LogP contribution in [0.4, 0.5) is 8.78 Å². The van der Waals surface area contributed by atoms with Crippen molar-refractivity contribution in [1.82, 2.24) is 14.8 Å². The molecule has 0 radical (unpaired) electrons. The van der Waals surface area contributed by atoms with Crippen molar-refractivity contribution >= 4 is 5.91 Å². The molecule has 1 N–H and O–H groups in total. The second-order valence-electron chi connectivity index (χ2n) is 8.97. The summed E-state index contributed by atoms with van der Waals surface area (Å²) in [6.45, 7) is 3.43. The van der Waals surface area contributed by atoms with Gasteiger partial charge in [-0.2, -0.15) is 0 Å². The van der Waals surface area contributed by atoms with Crippen LogP contribution in [0.1, 0.15) is 42.0 Å². The monoisotopic (exact) mass is 477 g/mol. The lowest BCUT2D eigenvalue weighted by atomic mass is 9.87. The van der Waals surface area contributed by atoms with E-state index in [-0.39, 0.29) is 33.2 Å². The van der Waals surface area contributed by atoms with Crippen LogP contribution in [0.5, 0.6) is 5.75 Å². The number of rotatable bonds is 7. The molecule has 1 amide bonds. The largest absolute Gasteiger partial charge is 0.491 e. The van der Waals surface area contributed by atoms with Gasteiger partial charge in [-0.05, 0) is 55.7 Å². The quantitative estimate of drug-likeness (QED) is 0.660. The number of carbonyl (C=O) groups excluding carboxylic acids is 1. The van der Waals surface area contributed by atoms with Crippen LogP contribution in [0, 0.1) is 6.92 Å². The molecule has 1 aromatic heterocycles. The predicted octanol–water partition coefficient (Wildman–Crippen LogP) is 3.32. The number of nitrogens with zero attached hydrogens (tertiary/aromatic N) is 3. The maximum Gasteiger partial charge on any atom is 0.253 e. The third-order valence-corrected chi connectivity index (χ3v) is 6.47. The van der Waals surface area contributed by atoms with E-state index in [2.05, 4.69) is 4.98 Å². The Balaban J connectivity index is 0.00000342. The Kier molecular flexibility index (Phi) is 7.75. The molecule has 34 heavy (non-hydrogen) atoms. The maximum absolute atomic E-state index is 13.2. The third-order valence-electron chi connectivity index (χ3n) is 6.47. The lowest BCUT2D eigenvalue weighted by Gasteiger charge is -2.49. The molecular formula is C25H33F2N3O4. The fraction of sp³-hybridized carbons (Fsp3) is 0.520. The van der Waals surface area contributed by atoms with E-state index in [1.165, 1.54) is 0 Å². The van der Waals surface area contributed by atoms with Gasteiger partial charge >= 0.3 is 0 Å². The Hall–Kier alpha value is -2.62. The molecule has 1 aromatic carbocycles. The smallest absolute Gasteiger partial charge is 0.253 e. The molecular weight excluding hydrogens is 444 g/mol. The molecule has 2 aliphatic rings. The fourth-order valence-electron chi connectivity index (χ4n) is 4.81. The molecule has 4 rings (SSSR count). The number of aryl methyl sites for hydroxylation is 1. The number of hydrogen-bond donors (Lipinski definition) is 1. The molecule has 2 fully saturated rings. The van der Waals surface area contributed by atoms with E-state index in [1.54, 1.807) is 34.2 Å². The van der Waals surface area contributed by atoms with Gasteiger partial charge in [0, 0.05) is 39.4 Å². The lowest BCUT2D eigenvalue weighted by molar-refractivity contribution is -0.181. The zero-order valence-electron chi connectivity index (χ0n) is 19.3. The summed E-state index contributed by atoms with van der Waals surface area (Å²) in [4.78, 5) is 21.1. The van der Waals surface area contributed by atoms with Gasteiger partial charge in [-0.25, -0.2) is 8.78 Å². The first-order valence-corrected chi connectivity index (χ1v) is 11.6. The number of aliphatic hydroxyl groups is 1. The first kappa shape index (κ1) is 24.5. The van der Waals surface area contributed by atoms with Gasteiger partial charge in [0.2, 0.25) is 0 Å². The van der Waals surface area contributed by atoms with E-state index >= 15 is 0 Å². The summed E-state index contributed by atoms with van der Waals surface area (Å²) in [5, 5.41) is 8.94. The van der Waals surface area contributed by atoms with Crippen molar-refractivity contribution in [1.29, 1.82) is 0 Å². The molecule has 2 saturated heterocycles. The highest BCUT2D eigenvalue weighted by molar-refractivity contribution is 5.94. The van der Waals surface area contributed by atoms with Crippen LogP contribution >= 0.6 is 0 Å². The van der Waals surface area contributed by atoms with E-state index in [9.17, 15) is 13.6 Å². The number of ether oxygens (including phenoxy) is 2. The Morgan fingerprint density at radius 2 is 2.12 bits per heavy atom. The number of hydrogen-bond acceptors (Lipinski definition) is 6. The van der Waals surface area contributed by atoms with Crippen molar-refractivity contribution in [2.45, 2.75) is 37.9 Å². The normalized spacial score (nSPS) is 20.6. The number of alkyl halides is 2. The summed E-state index contributed by atoms with van der Waals surface area (Å²) in [5.74, 6) is 0.562. The molecule has 0 aliphatic carbocycles. The van der Waals surface area contributed by atoms with Crippen molar-refractivity contribution in [2.75, 3.05) is 45.9 Å². The number of carbonyl (C=O) groups is 1. The highest BCUT2D eigenvalue weighted by atomic mass is 19.3. The lowest BCUT2D eigenvalue weighted by Crippen LogP contribution is -2.58. The van der Waals surface area contributed by atoms with E-state index in [0.29, 0.717) is 50.3 Å². The van der Waals surface area contributed by atoms with E-state index in [1.807, 2.05) is 25.1 Å². The molecule has 0 bridgehead atoms. The van der Waals surface area contributed by atoms with Gasteiger partial charge in [0.25, 0.3) is 12.3 Å². The predicted molar refractivity (Wildman–Crippen MR) is 124 cm³/mol. The van der Waals surface area contributed by atoms with Crippen molar-refractivity contribution in [3.63, 3.8) is 0 Å². The number of amides is 1. The van der Waals surface area contributed by atoms with Gasteiger partial charge in [0.05, 0.1) is 24.4 Å². The Bertz CT molecular complexity index is 974. The molecule has 2 aromatic rings. The Morgan fingerprint density at radius 3 is 2.76 bits per heavy atom. The van der Waals surface area contributed by atoms with E-state index in [4.69, 9.17) is 14.6 Å². The van der Waals surface area contributed by atoms with Crippen molar-refractivity contribution in [2.24, 2.45) is 0 Å². The number of morpholine rings is 1. The van der Waals surface area contributed by atoms with Gasteiger partial charge in [-0.15, -0.1) is 0 Å². The van der Waals surface area contributed by atoms with Crippen LogP contribution in [0.2, 0.25) is 0 Å². The molecule has 1 unspecified atom stereocenters. The minimum atomic E-state index is -2.42. The summed E-state index contributed by atoms with van der Waals surface area (Å²) in [5.41, 5.74) is 1.53. The standard InChI is InChI=1S/C25H31F2N3O4.H2/c1-18-14-19(5-6-21(18)33-13-12-31)24(32)30-10-7-25(8-11-30)17-29(16-23(26)27)15-22(34-25)20-4-2-3-9-28-20;/h2-6,9,14,22-23,31H,7-8,10-13,15-17H2,1H3;1H. The number of aliphatic hydroxyl groups excluding tert-OH is 1. The van der Waals surface area contributed by atoms with Crippen LogP contribution in [-0.2, 0) is 4.74 Å². The number of likely N-dealkylation sites (tertiary alicyclic amines) is 1. The Labute approximate surface area is 199 Å². The van der Waals surface area contributed by atoms with Gasteiger partial charge in [-0.3, -0.25) is 14.7 Å². The van der Waals surface area contributed by atoms with Crippen LogP contribution in [-0.4, -0.2) is 83.8 Å². The molecule has 186 valence electrons. The average Bonchev–Trinajstić information content (AvgIpc) is 2.83. The number of benzene rings is 1. The van der Waals surface area contributed by atoms with Gasteiger partial charge < -0.3 is 19.5 Å². The molecule has 0 saturated carbocycles. The third kappa shape index (κ3) is 5.71. The summed E-state index contributed by atoms with van der Waals surface area (Å²) < 4.78 is 38.4. The molecule has 9 heteroatoms. The summed E-state index contributed by atoms with van der Waals surface area (Å²) in [7, 11) is 0. The van der Waals surface area contributed by atoms with Crippen molar-refractivity contribution in [3.8, 4) is 5.75 Å². The van der Waals surface area contributed by atoms with Crippen LogP contribution < -0.4 is 4.74 Å². The summed E-state index contributed by atoms with van der Waals surface area (Å²) in [6.07, 6.45) is 0.0106. The molecule has 2 aliphatic heterocycles.